The first-order valence-corrected chi connectivity index (χ1v) is 11.2. The zero-order chi connectivity index (χ0) is 21.7. The molecule has 1 aliphatic carbocycles. The number of carbonyl (C=O) groups excluding carboxylic acids is 2. The topological polar surface area (TPSA) is 46.6 Å². The Morgan fingerprint density at radius 1 is 1.06 bits per heavy atom. The van der Waals surface area contributed by atoms with E-state index in [1.54, 1.807) is 6.07 Å². The van der Waals surface area contributed by atoms with Crippen LogP contribution in [0.4, 0.5) is 4.39 Å². The Bertz CT molecular complexity index is 895. The minimum atomic E-state index is -0.530. The van der Waals surface area contributed by atoms with Crippen LogP contribution in [0.5, 0.6) is 0 Å². The molecule has 1 aliphatic heterocycles. The third kappa shape index (κ3) is 5.04. The van der Waals surface area contributed by atoms with Gasteiger partial charge in [-0.15, -0.1) is 0 Å². The summed E-state index contributed by atoms with van der Waals surface area (Å²) in [7, 11) is 0. The molecule has 0 amide bonds. The quantitative estimate of drug-likeness (QED) is 0.477. The molecule has 4 rings (SSSR count). The first-order valence-electron chi connectivity index (χ1n) is 11.2. The van der Waals surface area contributed by atoms with Crippen molar-refractivity contribution < 1.29 is 18.7 Å². The fraction of sp³-hybridized carbons (Fsp3) is 0.462. The third-order valence-electron chi connectivity index (χ3n) is 6.88. The average molecular weight is 424 g/mol. The Kier molecular flexibility index (Phi) is 6.81. The summed E-state index contributed by atoms with van der Waals surface area (Å²) < 4.78 is 19.5. The van der Waals surface area contributed by atoms with E-state index in [-0.39, 0.29) is 30.2 Å². The van der Waals surface area contributed by atoms with Crippen LogP contribution in [0.25, 0.3) is 0 Å². The molecule has 2 fully saturated rings. The van der Waals surface area contributed by atoms with Gasteiger partial charge in [0.1, 0.15) is 18.7 Å². The lowest BCUT2D eigenvalue weighted by molar-refractivity contribution is -0.161. The molecule has 2 aliphatic rings. The highest BCUT2D eigenvalue weighted by atomic mass is 19.1. The molecule has 5 heteroatoms. The molecule has 1 heterocycles. The minimum Gasteiger partial charge on any atom is -0.460 e. The second kappa shape index (κ2) is 9.73. The summed E-state index contributed by atoms with van der Waals surface area (Å²) in [6.45, 7) is 2.13. The Balaban J connectivity index is 1.47. The summed E-state index contributed by atoms with van der Waals surface area (Å²) >= 11 is 0. The zero-order valence-electron chi connectivity index (χ0n) is 17.8. The summed E-state index contributed by atoms with van der Waals surface area (Å²) in [6, 6.07) is 16.3. The second-order valence-corrected chi connectivity index (χ2v) is 9.06. The van der Waals surface area contributed by atoms with Gasteiger partial charge in [0.15, 0.2) is 0 Å². The Labute approximate surface area is 183 Å². The molecule has 0 radical (unpaired) electrons. The van der Waals surface area contributed by atoms with Crippen LogP contribution >= 0.6 is 0 Å². The van der Waals surface area contributed by atoms with Gasteiger partial charge < -0.3 is 14.4 Å². The van der Waals surface area contributed by atoms with Gasteiger partial charge in [-0.05, 0) is 36.1 Å². The van der Waals surface area contributed by atoms with E-state index < -0.39 is 5.41 Å². The molecule has 31 heavy (non-hydrogen) atoms. The van der Waals surface area contributed by atoms with Crippen molar-refractivity contribution >= 4 is 12.3 Å². The fourth-order valence-corrected chi connectivity index (χ4v) is 5.23. The van der Waals surface area contributed by atoms with Gasteiger partial charge in [0.2, 0.25) is 0 Å². The number of hydrogen-bond donors (Lipinski definition) is 0. The summed E-state index contributed by atoms with van der Waals surface area (Å²) in [5.74, 6) is -0.654. The minimum absolute atomic E-state index is 0.0471. The summed E-state index contributed by atoms with van der Waals surface area (Å²) in [4.78, 5) is 27.2. The molecule has 0 aromatic heterocycles. The van der Waals surface area contributed by atoms with E-state index in [1.807, 2.05) is 36.4 Å². The van der Waals surface area contributed by atoms with Crippen LogP contribution in [-0.2, 0) is 20.9 Å². The van der Waals surface area contributed by atoms with Gasteiger partial charge in [-0.2, -0.15) is 0 Å². The van der Waals surface area contributed by atoms with E-state index in [2.05, 4.69) is 4.90 Å². The zero-order valence-corrected chi connectivity index (χ0v) is 17.8. The van der Waals surface area contributed by atoms with Crippen LogP contribution in [0.3, 0.4) is 0 Å². The number of halogens is 1. The van der Waals surface area contributed by atoms with Crippen LogP contribution in [0.15, 0.2) is 54.6 Å². The van der Waals surface area contributed by atoms with Crippen molar-refractivity contribution in [3.63, 3.8) is 0 Å². The van der Waals surface area contributed by atoms with Gasteiger partial charge in [-0.1, -0.05) is 61.7 Å². The molecule has 2 aromatic carbocycles. The molecule has 1 saturated carbocycles. The van der Waals surface area contributed by atoms with Crippen molar-refractivity contribution in [2.75, 3.05) is 19.6 Å². The smallest absolute Gasteiger partial charge is 0.313 e. The van der Waals surface area contributed by atoms with Crippen LogP contribution in [0.1, 0.15) is 49.1 Å². The number of esters is 1. The maximum absolute atomic E-state index is 13.7. The lowest BCUT2D eigenvalue weighted by Gasteiger charge is -2.38. The molecule has 0 N–H and O–H groups in total. The number of benzene rings is 2. The first kappa shape index (κ1) is 21.7. The number of likely N-dealkylation sites (tertiary alicyclic amines) is 1. The fourth-order valence-electron chi connectivity index (χ4n) is 5.23. The van der Waals surface area contributed by atoms with Crippen LogP contribution < -0.4 is 0 Å². The third-order valence-corrected chi connectivity index (χ3v) is 6.88. The number of ether oxygens (including phenoxy) is 1. The van der Waals surface area contributed by atoms with Gasteiger partial charge >= 0.3 is 5.97 Å². The Morgan fingerprint density at radius 2 is 1.84 bits per heavy atom. The van der Waals surface area contributed by atoms with E-state index in [1.165, 1.54) is 12.1 Å². The predicted molar refractivity (Wildman–Crippen MR) is 117 cm³/mol. The summed E-state index contributed by atoms with van der Waals surface area (Å²) in [5.41, 5.74) is 1.30. The molecule has 2 unspecified atom stereocenters. The van der Waals surface area contributed by atoms with Crippen LogP contribution in [-0.4, -0.2) is 36.8 Å². The Hall–Kier alpha value is -2.53. The van der Waals surface area contributed by atoms with Crippen molar-refractivity contribution in [1.29, 1.82) is 0 Å². The van der Waals surface area contributed by atoms with Crippen LogP contribution in [0.2, 0.25) is 0 Å². The lowest BCUT2D eigenvalue weighted by Crippen LogP contribution is -2.45. The highest BCUT2D eigenvalue weighted by Crippen LogP contribution is 2.41. The normalized spacial score (nSPS) is 23.4. The molecular formula is C26H30FNO3. The predicted octanol–water partition coefficient (Wildman–Crippen LogP) is 4.73. The molecule has 164 valence electrons. The SMILES string of the molecule is O=CC1CN(CC2(C(=O)OCc3ccccc3)CCCCC2)CC1c1cccc(F)c1. The molecule has 0 bridgehead atoms. The van der Waals surface area contributed by atoms with Gasteiger partial charge in [-0.25, -0.2) is 4.39 Å². The van der Waals surface area contributed by atoms with Gasteiger partial charge in [0.05, 0.1) is 5.41 Å². The van der Waals surface area contributed by atoms with Gasteiger partial charge in [-0.3, -0.25) is 4.79 Å². The lowest BCUT2D eigenvalue weighted by atomic mass is 9.73. The van der Waals surface area contributed by atoms with Crippen molar-refractivity contribution in [2.45, 2.75) is 44.6 Å². The molecule has 2 aromatic rings. The molecule has 1 saturated heterocycles. The van der Waals surface area contributed by atoms with Gasteiger partial charge in [0.25, 0.3) is 0 Å². The standard InChI is InChI=1S/C26H30FNO3/c27-23-11-7-10-21(14-23)24-16-28(15-22(24)17-29)19-26(12-5-2-6-13-26)25(30)31-18-20-8-3-1-4-9-20/h1,3-4,7-11,14,17,22,24H,2,5-6,12-13,15-16,18-19H2. The largest absolute Gasteiger partial charge is 0.460 e. The first-order chi connectivity index (χ1) is 15.1. The van der Waals surface area contributed by atoms with Crippen molar-refractivity contribution in [3.8, 4) is 0 Å². The van der Waals surface area contributed by atoms with E-state index in [0.29, 0.717) is 19.6 Å². The second-order valence-electron chi connectivity index (χ2n) is 9.06. The van der Waals surface area contributed by atoms with E-state index >= 15 is 0 Å². The number of hydrogen-bond acceptors (Lipinski definition) is 4. The number of rotatable bonds is 7. The van der Waals surface area contributed by atoms with E-state index in [9.17, 15) is 14.0 Å². The van der Waals surface area contributed by atoms with E-state index in [4.69, 9.17) is 4.74 Å². The molecule has 4 nitrogen and oxygen atoms in total. The highest BCUT2D eigenvalue weighted by molar-refractivity contribution is 5.77. The number of carbonyl (C=O) groups is 2. The monoisotopic (exact) mass is 423 g/mol. The van der Waals surface area contributed by atoms with E-state index in [0.717, 1.165) is 49.5 Å². The molecular weight excluding hydrogens is 393 g/mol. The Morgan fingerprint density at radius 3 is 2.55 bits per heavy atom. The molecule has 0 spiro atoms. The van der Waals surface area contributed by atoms with Crippen molar-refractivity contribution in [3.05, 3.63) is 71.5 Å². The summed E-state index contributed by atoms with van der Waals surface area (Å²) in [5, 5.41) is 0. The number of nitrogens with zero attached hydrogens (tertiary/aromatic N) is 1. The maximum Gasteiger partial charge on any atom is 0.313 e. The number of aldehydes is 1. The van der Waals surface area contributed by atoms with Crippen LogP contribution in [0, 0.1) is 17.2 Å². The van der Waals surface area contributed by atoms with Crippen molar-refractivity contribution in [2.24, 2.45) is 11.3 Å². The highest BCUT2D eigenvalue weighted by Gasteiger charge is 2.45. The molecule has 2 atom stereocenters. The van der Waals surface area contributed by atoms with Crippen molar-refractivity contribution in [1.82, 2.24) is 4.90 Å². The maximum atomic E-state index is 13.7. The summed E-state index contributed by atoms with van der Waals surface area (Å²) in [6.07, 6.45) is 5.77. The van der Waals surface area contributed by atoms with Gasteiger partial charge in [0, 0.05) is 31.5 Å². The average Bonchev–Trinajstić information content (AvgIpc) is 3.21.